The van der Waals surface area contributed by atoms with Crippen molar-refractivity contribution in [2.24, 2.45) is 16.0 Å². The topological polar surface area (TPSA) is 104 Å². The number of anilines is 1. The van der Waals surface area contributed by atoms with Crippen LogP contribution in [0.2, 0.25) is 5.02 Å². The predicted molar refractivity (Wildman–Crippen MR) is 107 cm³/mol. The summed E-state index contributed by atoms with van der Waals surface area (Å²) < 4.78 is 0. The molecule has 0 spiro atoms. The minimum atomic E-state index is -0.358. The Morgan fingerprint density at radius 3 is 2.48 bits per heavy atom. The third-order valence-corrected chi connectivity index (χ3v) is 4.23. The largest absolute Gasteiger partial charge is 0.402 e. The summed E-state index contributed by atoms with van der Waals surface area (Å²) in [6.07, 6.45) is 1.59. The van der Waals surface area contributed by atoms with Crippen LogP contribution in [0, 0.1) is 17.2 Å². The van der Waals surface area contributed by atoms with Gasteiger partial charge in [-0.3, -0.25) is 0 Å². The molecule has 2 rings (SSSR count). The summed E-state index contributed by atoms with van der Waals surface area (Å²) in [7, 11) is 0. The molecule has 0 aliphatic rings. The van der Waals surface area contributed by atoms with Crippen LogP contribution >= 0.6 is 11.6 Å². The lowest BCUT2D eigenvalue weighted by Gasteiger charge is -2.06. The average molecular weight is 383 g/mol. The lowest BCUT2D eigenvalue weighted by molar-refractivity contribution is -0.116. The Morgan fingerprint density at radius 1 is 1.22 bits per heavy atom. The van der Waals surface area contributed by atoms with Crippen LogP contribution in [-0.4, -0.2) is 12.5 Å². The second-order valence-electron chi connectivity index (χ2n) is 5.86. The van der Waals surface area contributed by atoms with E-state index >= 15 is 0 Å². The van der Waals surface area contributed by atoms with Crippen LogP contribution in [0.1, 0.15) is 25.3 Å². The highest BCUT2D eigenvalue weighted by Gasteiger charge is 2.26. The number of nitrogens with zero attached hydrogens (tertiary/aromatic N) is 3. The summed E-state index contributed by atoms with van der Waals surface area (Å²) in [5.74, 6) is 0.339. The van der Waals surface area contributed by atoms with Crippen LogP contribution in [0.5, 0.6) is 0 Å². The van der Waals surface area contributed by atoms with Crippen LogP contribution in [-0.2, 0) is 11.2 Å². The zero-order valence-corrected chi connectivity index (χ0v) is 15.8. The molecule has 7 heteroatoms. The molecule has 0 atom stereocenters. The summed E-state index contributed by atoms with van der Waals surface area (Å²) >= 11 is 6.21. The third-order valence-electron chi connectivity index (χ3n) is 3.91. The zero-order valence-electron chi connectivity index (χ0n) is 15.1. The van der Waals surface area contributed by atoms with Gasteiger partial charge < -0.3 is 11.1 Å². The molecule has 1 amide bonds. The minimum Gasteiger partial charge on any atom is -0.383 e. The number of amides is 1. The number of carbonyl (C=O) groups excluding carboxylic acids is 1. The highest BCUT2D eigenvalue weighted by molar-refractivity contribution is 6.33. The van der Waals surface area contributed by atoms with E-state index in [1.807, 2.05) is 37.3 Å². The fraction of sp³-hybridized carbons (Fsp3) is 0.250. The van der Waals surface area contributed by atoms with Gasteiger partial charge >= 0.3 is 5.91 Å². The van der Waals surface area contributed by atoms with E-state index in [0.29, 0.717) is 48.1 Å². The number of nitrogens with one attached hydrogen (secondary N) is 1. The van der Waals surface area contributed by atoms with Gasteiger partial charge in [0.1, 0.15) is 6.42 Å². The van der Waals surface area contributed by atoms with Crippen LogP contribution in [0.3, 0.4) is 0 Å². The smallest absolute Gasteiger partial charge is 0.383 e. The quantitative estimate of drug-likeness (QED) is 0.358. The molecule has 0 aromatic heterocycles. The van der Waals surface area contributed by atoms with E-state index in [1.165, 1.54) is 0 Å². The van der Waals surface area contributed by atoms with Gasteiger partial charge in [-0.1, -0.05) is 23.7 Å². The second-order valence-corrected chi connectivity index (χ2v) is 6.27. The number of hydrogen-bond acceptors (Lipinski definition) is 5. The maximum atomic E-state index is 11.3. The number of hydrogen-bond donors (Lipinski definition) is 2. The summed E-state index contributed by atoms with van der Waals surface area (Å²) in [6, 6.07) is 14.9. The lowest BCUT2D eigenvalue weighted by atomic mass is 9.96. The van der Waals surface area contributed by atoms with Crippen molar-refractivity contribution < 1.29 is 4.79 Å². The average Bonchev–Trinajstić information content (AvgIpc) is 2.66. The Labute approximate surface area is 164 Å². The van der Waals surface area contributed by atoms with Crippen LogP contribution in [0.25, 0.3) is 0 Å². The number of benzene rings is 2. The second kappa shape index (κ2) is 10.2. The number of azo groups is 1. The summed E-state index contributed by atoms with van der Waals surface area (Å²) in [6.45, 7) is 2.45. The molecule has 0 heterocycles. The number of halogens is 1. The first-order valence-corrected chi connectivity index (χ1v) is 8.96. The van der Waals surface area contributed by atoms with Crippen LogP contribution in [0.15, 0.2) is 52.7 Å². The number of primary amides is 1. The van der Waals surface area contributed by atoms with Gasteiger partial charge in [0, 0.05) is 6.54 Å². The summed E-state index contributed by atoms with van der Waals surface area (Å²) in [5, 5.41) is 20.6. The Kier molecular flexibility index (Phi) is 7.65. The van der Waals surface area contributed by atoms with Crippen LogP contribution < -0.4 is 11.1 Å². The van der Waals surface area contributed by atoms with Gasteiger partial charge in [0.25, 0.3) is 0 Å². The van der Waals surface area contributed by atoms with Crippen molar-refractivity contribution in [2.75, 3.05) is 11.9 Å². The number of nitrogens with two attached hydrogens (primary N) is 1. The molecule has 0 saturated carbocycles. The van der Waals surface area contributed by atoms with E-state index in [9.17, 15) is 4.79 Å². The molecule has 3 N–H and O–H groups in total. The Bertz CT molecular complexity index is 842. The number of carbonyl (C=O) groups is 1. The Balaban J connectivity index is 2.00. The zero-order chi connectivity index (χ0) is 19.6. The highest BCUT2D eigenvalue weighted by atomic mass is 35.5. The normalized spacial score (nSPS) is 10.6. The monoisotopic (exact) mass is 382 g/mol. The fourth-order valence-electron chi connectivity index (χ4n) is 2.39. The number of nitriles is 1. The van der Waals surface area contributed by atoms with E-state index in [1.54, 1.807) is 12.1 Å². The molecule has 0 unspecified atom stereocenters. The summed E-state index contributed by atoms with van der Waals surface area (Å²) in [4.78, 5) is 11.3. The first-order chi connectivity index (χ1) is 13.0. The maximum Gasteiger partial charge on any atom is 0.402 e. The van der Waals surface area contributed by atoms with Crippen molar-refractivity contribution >= 4 is 34.6 Å². The third kappa shape index (κ3) is 6.32. The van der Waals surface area contributed by atoms with Gasteiger partial charge in [-0.05, 0) is 42.8 Å². The molecule has 138 valence electrons. The van der Waals surface area contributed by atoms with Crippen molar-refractivity contribution in [3.05, 3.63) is 59.0 Å². The molecule has 6 nitrogen and oxygen atoms in total. The fourth-order valence-corrected chi connectivity index (χ4v) is 2.63. The first kappa shape index (κ1) is 20.3. The minimum absolute atomic E-state index is 0.358. The van der Waals surface area contributed by atoms with Crippen molar-refractivity contribution in [3.8, 4) is 6.07 Å². The lowest BCUT2D eigenvalue weighted by Crippen LogP contribution is -2.22. The predicted octanol–water partition coefficient (Wildman–Crippen LogP) is 5.09. The summed E-state index contributed by atoms with van der Waals surface area (Å²) in [5.41, 5.74) is 8.44. The van der Waals surface area contributed by atoms with E-state index in [-0.39, 0.29) is 5.91 Å². The van der Waals surface area contributed by atoms with Crippen LogP contribution in [0.4, 0.5) is 17.1 Å². The molecule has 27 heavy (non-hydrogen) atoms. The molecule has 0 aliphatic heterocycles. The van der Waals surface area contributed by atoms with Gasteiger partial charge in [0.15, 0.2) is 5.92 Å². The molecule has 0 saturated heterocycles. The van der Waals surface area contributed by atoms with Gasteiger partial charge in [0.2, 0.25) is 0 Å². The first-order valence-electron chi connectivity index (χ1n) is 8.59. The van der Waals surface area contributed by atoms with Gasteiger partial charge in [0.05, 0.1) is 41.0 Å². The van der Waals surface area contributed by atoms with E-state index in [4.69, 9.17) is 22.6 Å². The maximum absolute atomic E-state index is 11.3. The van der Waals surface area contributed by atoms with Crippen molar-refractivity contribution in [2.45, 2.75) is 26.2 Å². The van der Waals surface area contributed by atoms with Crippen molar-refractivity contribution in [1.82, 2.24) is 0 Å². The SMILES string of the molecule is CC[C+](Cc1ccc(N=Nc2ccc(NCCC#N)c(Cl)c2)cc1)C(N)=O. The molecule has 2 aromatic rings. The highest BCUT2D eigenvalue weighted by Crippen LogP contribution is 2.28. The van der Waals surface area contributed by atoms with Crippen molar-refractivity contribution in [3.63, 3.8) is 0 Å². The molecule has 0 aliphatic carbocycles. The molecular weight excluding hydrogens is 362 g/mol. The van der Waals surface area contributed by atoms with Crippen molar-refractivity contribution in [1.29, 1.82) is 5.26 Å². The standard InChI is InChI=1S/C20H20ClN5O/c1-2-15(20(23)27)12-14-4-6-16(7-5-14)25-26-17-8-9-19(18(21)13-17)24-11-3-10-22/h4-9,13H,2-3,11-12H2,1H3,(H2-,23,24,25,27)/p+1. The molecule has 0 bridgehead atoms. The molecule has 2 aromatic carbocycles. The Morgan fingerprint density at radius 2 is 1.89 bits per heavy atom. The van der Waals surface area contributed by atoms with Gasteiger partial charge in [-0.15, -0.1) is 0 Å². The van der Waals surface area contributed by atoms with E-state index < -0.39 is 0 Å². The molecule has 0 radical (unpaired) electrons. The van der Waals surface area contributed by atoms with E-state index in [0.717, 1.165) is 11.3 Å². The van der Waals surface area contributed by atoms with Gasteiger partial charge in [-0.25, -0.2) is 4.79 Å². The van der Waals surface area contributed by atoms with Gasteiger partial charge in [-0.2, -0.15) is 15.5 Å². The van der Waals surface area contributed by atoms with E-state index in [2.05, 4.69) is 21.6 Å². The molecular formula is C20H21ClN5O+. The molecule has 0 fully saturated rings. The number of rotatable bonds is 9. The Hall–Kier alpha value is -3.04.